The lowest BCUT2D eigenvalue weighted by atomic mass is 10.1. The Morgan fingerprint density at radius 2 is 1.65 bits per heavy atom. The van der Waals surface area contributed by atoms with Crippen LogP contribution >= 0.6 is 0 Å². The van der Waals surface area contributed by atoms with Gasteiger partial charge in [0.25, 0.3) is 5.91 Å². The molecule has 26 heavy (non-hydrogen) atoms. The van der Waals surface area contributed by atoms with Gasteiger partial charge >= 0.3 is 0 Å². The van der Waals surface area contributed by atoms with Gasteiger partial charge in [-0.15, -0.1) is 0 Å². The molecular formula is C17H21N5O3S. The van der Waals surface area contributed by atoms with Crippen LogP contribution in [-0.2, 0) is 10.0 Å². The Bertz CT molecular complexity index is 880. The van der Waals surface area contributed by atoms with Gasteiger partial charge in [-0.05, 0) is 18.2 Å². The van der Waals surface area contributed by atoms with Gasteiger partial charge in [-0.25, -0.2) is 18.4 Å². The molecule has 138 valence electrons. The Kier molecular flexibility index (Phi) is 5.08. The second kappa shape index (κ2) is 7.28. The first-order valence-electron chi connectivity index (χ1n) is 8.22. The molecular weight excluding hydrogens is 354 g/mol. The summed E-state index contributed by atoms with van der Waals surface area (Å²) in [7, 11) is -2.00. The molecule has 0 radical (unpaired) electrons. The number of aromatic nitrogens is 2. The average Bonchev–Trinajstić information content (AvgIpc) is 2.67. The van der Waals surface area contributed by atoms with Crippen molar-refractivity contribution >= 4 is 27.6 Å². The molecule has 1 aliphatic rings. The molecule has 0 saturated carbocycles. The molecule has 1 fully saturated rings. The van der Waals surface area contributed by atoms with Crippen LogP contribution in [0.1, 0.15) is 10.4 Å². The first-order chi connectivity index (χ1) is 12.4. The molecule has 0 N–H and O–H groups in total. The van der Waals surface area contributed by atoms with E-state index in [4.69, 9.17) is 0 Å². The SMILES string of the molecule is CN(c1ccccc1C(=O)N1CCN(c2ncccn2)CC1)S(C)(=O)=O. The van der Waals surface area contributed by atoms with Gasteiger partial charge in [0.2, 0.25) is 16.0 Å². The molecule has 1 aliphatic heterocycles. The van der Waals surface area contributed by atoms with Crippen molar-refractivity contribution in [2.24, 2.45) is 0 Å². The quantitative estimate of drug-likeness (QED) is 0.787. The van der Waals surface area contributed by atoms with Crippen molar-refractivity contribution in [2.45, 2.75) is 0 Å². The molecule has 1 saturated heterocycles. The maximum absolute atomic E-state index is 12.9. The van der Waals surface area contributed by atoms with E-state index in [1.165, 1.54) is 7.05 Å². The third kappa shape index (κ3) is 3.77. The van der Waals surface area contributed by atoms with E-state index in [1.54, 1.807) is 47.6 Å². The molecule has 1 aromatic carbocycles. The summed E-state index contributed by atoms with van der Waals surface area (Å²) in [6, 6.07) is 8.52. The van der Waals surface area contributed by atoms with Crippen LogP contribution in [0.15, 0.2) is 42.7 Å². The van der Waals surface area contributed by atoms with Crippen LogP contribution in [0.2, 0.25) is 0 Å². The van der Waals surface area contributed by atoms with E-state index in [0.717, 1.165) is 10.6 Å². The fourth-order valence-corrected chi connectivity index (χ4v) is 3.36. The summed E-state index contributed by atoms with van der Waals surface area (Å²) in [6.07, 6.45) is 4.50. The highest BCUT2D eigenvalue weighted by Crippen LogP contribution is 2.23. The van der Waals surface area contributed by atoms with Gasteiger partial charge in [0.1, 0.15) is 0 Å². The number of carbonyl (C=O) groups is 1. The van der Waals surface area contributed by atoms with Gasteiger partial charge in [-0.1, -0.05) is 12.1 Å². The first kappa shape index (κ1) is 18.1. The Hall–Kier alpha value is -2.68. The minimum Gasteiger partial charge on any atom is -0.337 e. The van der Waals surface area contributed by atoms with Gasteiger partial charge in [0.15, 0.2) is 0 Å². The minimum absolute atomic E-state index is 0.176. The van der Waals surface area contributed by atoms with Crippen molar-refractivity contribution in [1.82, 2.24) is 14.9 Å². The van der Waals surface area contributed by atoms with Crippen LogP contribution in [0.5, 0.6) is 0 Å². The zero-order valence-corrected chi connectivity index (χ0v) is 15.6. The topological polar surface area (TPSA) is 86.7 Å². The van der Waals surface area contributed by atoms with Crippen LogP contribution in [0.3, 0.4) is 0 Å². The lowest BCUT2D eigenvalue weighted by Crippen LogP contribution is -2.49. The minimum atomic E-state index is -3.45. The average molecular weight is 375 g/mol. The smallest absolute Gasteiger partial charge is 0.256 e. The summed E-state index contributed by atoms with van der Waals surface area (Å²) >= 11 is 0. The number of rotatable bonds is 4. The second-order valence-corrected chi connectivity index (χ2v) is 8.09. The normalized spacial score (nSPS) is 15.0. The first-order valence-corrected chi connectivity index (χ1v) is 10.1. The van der Waals surface area contributed by atoms with Gasteiger partial charge in [-0.3, -0.25) is 9.10 Å². The highest BCUT2D eigenvalue weighted by atomic mass is 32.2. The molecule has 2 aromatic rings. The Balaban J connectivity index is 1.75. The lowest BCUT2D eigenvalue weighted by molar-refractivity contribution is 0.0747. The van der Waals surface area contributed by atoms with E-state index in [1.807, 2.05) is 4.90 Å². The monoisotopic (exact) mass is 375 g/mol. The predicted octanol–water partition coefficient (Wildman–Crippen LogP) is 0.835. The molecule has 0 aliphatic carbocycles. The third-order valence-corrected chi connectivity index (χ3v) is 5.56. The van der Waals surface area contributed by atoms with E-state index >= 15 is 0 Å². The van der Waals surface area contributed by atoms with Crippen molar-refractivity contribution in [3.63, 3.8) is 0 Å². The number of amides is 1. The number of piperazine rings is 1. The largest absolute Gasteiger partial charge is 0.337 e. The van der Waals surface area contributed by atoms with Crippen molar-refractivity contribution < 1.29 is 13.2 Å². The van der Waals surface area contributed by atoms with Gasteiger partial charge in [-0.2, -0.15) is 0 Å². The molecule has 1 amide bonds. The lowest BCUT2D eigenvalue weighted by Gasteiger charge is -2.35. The molecule has 8 nitrogen and oxygen atoms in total. The van der Waals surface area contributed by atoms with Crippen molar-refractivity contribution in [1.29, 1.82) is 0 Å². The molecule has 0 atom stereocenters. The number of hydrogen-bond acceptors (Lipinski definition) is 6. The van der Waals surface area contributed by atoms with E-state index in [0.29, 0.717) is 43.4 Å². The Morgan fingerprint density at radius 3 is 2.27 bits per heavy atom. The van der Waals surface area contributed by atoms with Crippen molar-refractivity contribution in [3.8, 4) is 0 Å². The molecule has 1 aromatic heterocycles. The molecule has 9 heteroatoms. The second-order valence-electron chi connectivity index (χ2n) is 6.08. The van der Waals surface area contributed by atoms with Crippen molar-refractivity contribution in [2.75, 3.05) is 48.7 Å². The third-order valence-electron chi connectivity index (χ3n) is 4.37. The summed E-state index contributed by atoms with van der Waals surface area (Å²) in [5.41, 5.74) is 0.763. The Morgan fingerprint density at radius 1 is 1.04 bits per heavy atom. The summed E-state index contributed by atoms with van der Waals surface area (Å²) in [5, 5.41) is 0. The van der Waals surface area contributed by atoms with E-state index < -0.39 is 10.0 Å². The van der Waals surface area contributed by atoms with Crippen LogP contribution in [0.4, 0.5) is 11.6 Å². The number of anilines is 2. The number of para-hydroxylation sites is 1. The summed E-state index contributed by atoms with van der Waals surface area (Å²) in [4.78, 5) is 25.2. The molecule has 0 unspecified atom stereocenters. The maximum Gasteiger partial charge on any atom is 0.256 e. The van der Waals surface area contributed by atoms with E-state index in [-0.39, 0.29) is 5.91 Å². The van der Waals surface area contributed by atoms with Crippen LogP contribution in [0.25, 0.3) is 0 Å². The van der Waals surface area contributed by atoms with Crippen LogP contribution < -0.4 is 9.21 Å². The molecule has 0 spiro atoms. The highest BCUT2D eigenvalue weighted by molar-refractivity contribution is 7.92. The number of carbonyl (C=O) groups excluding carboxylic acids is 1. The van der Waals surface area contributed by atoms with E-state index in [2.05, 4.69) is 9.97 Å². The fourth-order valence-electron chi connectivity index (χ4n) is 2.84. The summed E-state index contributed by atoms with van der Waals surface area (Å²) < 4.78 is 24.9. The summed E-state index contributed by atoms with van der Waals surface area (Å²) in [5.74, 6) is 0.474. The number of sulfonamides is 1. The van der Waals surface area contributed by atoms with E-state index in [9.17, 15) is 13.2 Å². The Labute approximate surface area is 153 Å². The van der Waals surface area contributed by atoms with Gasteiger partial charge in [0.05, 0.1) is 17.5 Å². The maximum atomic E-state index is 12.9. The highest BCUT2D eigenvalue weighted by Gasteiger charge is 2.26. The zero-order valence-electron chi connectivity index (χ0n) is 14.7. The van der Waals surface area contributed by atoms with Gasteiger partial charge < -0.3 is 9.80 Å². The molecule has 2 heterocycles. The number of benzene rings is 1. The van der Waals surface area contributed by atoms with Gasteiger partial charge in [0, 0.05) is 45.6 Å². The number of hydrogen-bond donors (Lipinski definition) is 0. The van der Waals surface area contributed by atoms with Crippen molar-refractivity contribution in [3.05, 3.63) is 48.3 Å². The summed E-state index contributed by atoms with van der Waals surface area (Å²) in [6.45, 7) is 2.29. The molecule has 0 bridgehead atoms. The standard InChI is InChI=1S/C17H21N5O3S/c1-20(26(2,24)25)15-7-4-3-6-14(15)16(23)21-10-12-22(13-11-21)17-18-8-5-9-19-17/h3-9H,10-13H2,1-2H3. The van der Waals surface area contributed by atoms with Crippen LogP contribution in [0, 0.1) is 0 Å². The fraction of sp³-hybridized carbons (Fsp3) is 0.353. The predicted molar refractivity (Wildman–Crippen MR) is 99.8 cm³/mol. The number of nitrogens with zero attached hydrogens (tertiary/aromatic N) is 5. The molecule has 3 rings (SSSR count). The van der Waals surface area contributed by atoms with Crippen LogP contribution in [-0.4, -0.2) is 68.7 Å². The zero-order chi connectivity index (χ0) is 18.7.